The molecule has 5 fully saturated rings. The molecule has 0 spiro atoms. The van der Waals surface area contributed by atoms with Crippen LogP contribution in [-0.4, -0.2) is 107 Å². The number of sulfone groups is 1. The van der Waals surface area contributed by atoms with Gasteiger partial charge in [0.25, 0.3) is 5.91 Å². The van der Waals surface area contributed by atoms with Crippen LogP contribution in [0.25, 0.3) is 5.57 Å². The molecule has 13 heteroatoms. The summed E-state index contributed by atoms with van der Waals surface area (Å²) < 4.78 is 58.2. The van der Waals surface area contributed by atoms with Crippen LogP contribution >= 0.6 is 0 Å². The van der Waals surface area contributed by atoms with Crippen molar-refractivity contribution in [3.05, 3.63) is 53.6 Å². The predicted octanol–water partition coefficient (Wildman–Crippen LogP) is 9.23. The van der Waals surface area contributed by atoms with Crippen molar-refractivity contribution in [1.82, 2.24) is 18.8 Å². The van der Waals surface area contributed by atoms with Crippen LogP contribution in [0.3, 0.4) is 0 Å². The molecule has 0 radical (unpaired) electrons. The molecule has 5 aliphatic carbocycles. The summed E-state index contributed by atoms with van der Waals surface area (Å²) in [6.45, 7) is 28.6. The van der Waals surface area contributed by atoms with E-state index >= 15 is 0 Å². The predicted molar refractivity (Wildman–Crippen MR) is 256 cm³/mol. The van der Waals surface area contributed by atoms with Gasteiger partial charge in [0.2, 0.25) is 0 Å². The van der Waals surface area contributed by atoms with Gasteiger partial charge in [0.15, 0.2) is 9.84 Å². The monoisotopic (exact) mass is 925 g/mol. The Kier molecular flexibility index (Phi) is 13.1. The van der Waals surface area contributed by atoms with E-state index in [0.717, 1.165) is 61.4 Å². The minimum atomic E-state index is -3.89. The molecule has 2 amide bonds. The third-order valence-corrected chi connectivity index (χ3v) is 21.5. The fourth-order valence-corrected chi connectivity index (χ4v) is 16.9. The Morgan fingerprint density at radius 3 is 2.17 bits per heavy atom. The van der Waals surface area contributed by atoms with E-state index in [1.165, 1.54) is 44.5 Å². The number of hydrogen-bond acceptors (Lipinski definition) is 8. The highest BCUT2D eigenvalue weighted by Gasteiger charge is 2.70. The molecule has 1 N–H and O–H groups in total. The third kappa shape index (κ3) is 8.79. The summed E-state index contributed by atoms with van der Waals surface area (Å²) in [5, 5.41) is 0. The van der Waals surface area contributed by atoms with Crippen LogP contribution in [0.4, 0.5) is 4.79 Å². The van der Waals surface area contributed by atoms with Gasteiger partial charge in [0.05, 0.1) is 11.5 Å². The minimum Gasteiger partial charge on any atom is -0.444 e. The van der Waals surface area contributed by atoms with E-state index in [9.17, 15) is 26.4 Å². The lowest BCUT2D eigenvalue weighted by atomic mass is 9.32. The molecule has 9 unspecified atom stereocenters. The van der Waals surface area contributed by atoms with Crippen LogP contribution in [-0.2, 0) is 24.8 Å². The average Bonchev–Trinajstić information content (AvgIpc) is 3.57. The fraction of sp³-hybridized carbons (Fsp3) is 0.765. The maximum Gasteiger partial charge on any atom is 0.410 e. The van der Waals surface area contributed by atoms with Crippen molar-refractivity contribution in [2.24, 2.45) is 56.7 Å². The van der Waals surface area contributed by atoms with Crippen LogP contribution in [0.5, 0.6) is 0 Å². The van der Waals surface area contributed by atoms with E-state index in [1.807, 2.05) is 37.8 Å². The van der Waals surface area contributed by atoms with E-state index in [4.69, 9.17) is 4.74 Å². The second kappa shape index (κ2) is 17.1. The molecule has 64 heavy (non-hydrogen) atoms. The highest BCUT2D eigenvalue weighted by molar-refractivity contribution is 7.91. The Morgan fingerprint density at radius 2 is 1.56 bits per heavy atom. The standard InChI is InChI=1S/C51H80N4O7S2/c1-35(2)38-20-25-51(34-55(45(57)62-46(3,4)5)29-13-28-54-30-32-63(58,59)33-31-54)27-26-49(9)40(43(38)51)18-19-42-48(8)23-21-39(47(6,7)41(48)22-24-50(42,49)10)36-14-16-37(17-15-36)44(56)52-64(60,61)53(11)12/h14-17,21,38,40-43H,1,13,18-20,22-34H2,2-12H3,(H,52,56). The quantitative estimate of drug-likeness (QED) is 0.217. The molecule has 7 rings (SSSR count). The molecule has 0 aromatic heterocycles. The Bertz CT molecular complexity index is 2220. The van der Waals surface area contributed by atoms with Crippen LogP contribution in [0.2, 0.25) is 0 Å². The summed E-state index contributed by atoms with van der Waals surface area (Å²) >= 11 is 0. The molecule has 6 aliphatic rings. The second-order valence-corrected chi connectivity index (χ2v) is 27.8. The molecule has 1 heterocycles. The van der Waals surface area contributed by atoms with Gasteiger partial charge < -0.3 is 14.5 Å². The van der Waals surface area contributed by atoms with E-state index < -0.39 is 31.6 Å². The number of allylic oxidation sites excluding steroid dienone is 3. The van der Waals surface area contributed by atoms with Gasteiger partial charge in [0, 0.05) is 45.8 Å². The number of hydrogen-bond donors (Lipinski definition) is 1. The highest BCUT2D eigenvalue weighted by atomic mass is 32.2. The van der Waals surface area contributed by atoms with Gasteiger partial charge in [-0.2, -0.15) is 12.7 Å². The van der Waals surface area contributed by atoms with Gasteiger partial charge >= 0.3 is 16.3 Å². The molecule has 9 atom stereocenters. The summed E-state index contributed by atoms with van der Waals surface area (Å²) in [6.07, 6.45) is 13.2. The molecule has 1 aromatic carbocycles. The van der Waals surface area contributed by atoms with Crippen molar-refractivity contribution < 1.29 is 31.2 Å². The number of nitrogens with one attached hydrogen (secondary N) is 1. The first kappa shape index (κ1) is 49.2. The second-order valence-electron chi connectivity index (χ2n) is 23.6. The van der Waals surface area contributed by atoms with Crippen molar-refractivity contribution in [3.8, 4) is 0 Å². The van der Waals surface area contributed by atoms with Gasteiger partial charge in [-0.25, -0.2) is 17.9 Å². The Morgan fingerprint density at radius 1 is 0.906 bits per heavy atom. The number of nitrogens with zero attached hydrogens (tertiary/aromatic N) is 3. The largest absolute Gasteiger partial charge is 0.444 e. The number of carbonyl (C=O) groups excluding carboxylic acids is 2. The SMILES string of the molecule is C=C(C)C1CCC2(CN(CCCN3CCS(=O)(=O)CC3)C(=O)OC(C)(C)C)CCC3(C)C(CCC4C5(C)CC=C(c6ccc(C(=O)NS(=O)(=O)N(C)C)cc6)C(C)(C)C5CCC43C)C12. The van der Waals surface area contributed by atoms with Gasteiger partial charge in [-0.1, -0.05) is 65.0 Å². The van der Waals surface area contributed by atoms with Crippen molar-refractivity contribution in [2.75, 3.05) is 58.3 Å². The number of rotatable bonds is 11. The maximum atomic E-state index is 14.2. The summed E-state index contributed by atoms with van der Waals surface area (Å²) in [7, 11) is -4.07. The number of carbonyl (C=O) groups is 2. The van der Waals surface area contributed by atoms with E-state index in [0.29, 0.717) is 61.3 Å². The smallest absolute Gasteiger partial charge is 0.410 e. The summed E-state index contributed by atoms with van der Waals surface area (Å²) in [5.74, 6) is 2.18. The first-order valence-corrected chi connectivity index (χ1v) is 27.5. The van der Waals surface area contributed by atoms with Crippen LogP contribution < -0.4 is 4.72 Å². The van der Waals surface area contributed by atoms with Gasteiger partial charge in [-0.15, -0.1) is 0 Å². The normalized spacial score (nSPS) is 35.8. The molecule has 0 bridgehead atoms. The number of benzene rings is 1. The van der Waals surface area contributed by atoms with Crippen molar-refractivity contribution in [2.45, 2.75) is 132 Å². The fourth-order valence-electron chi connectivity index (χ4n) is 15.1. The molecular formula is C51H80N4O7S2. The molecule has 1 saturated heterocycles. The maximum absolute atomic E-state index is 14.2. The Labute approximate surface area is 386 Å². The number of fused-ring (bicyclic) bond motifs is 7. The van der Waals surface area contributed by atoms with Crippen molar-refractivity contribution in [3.63, 3.8) is 0 Å². The van der Waals surface area contributed by atoms with Crippen molar-refractivity contribution >= 4 is 37.6 Å². The summed E-state index contributed by atoms with van der Waals surface area (Å²) in [6, 6.07) is 7.44. The zero-order valence-corrected chi connectivity index (χ0v) is 42.7. The van der Waals surface area contributed by atoms with Crippen LogP contribution in [0.1, 0.15) is 142 Å². The molecule has 4 saturated carbocycles. The highest BCUT2D eigenvalue weighted by Crippen LogP contribution is 2.77. The van der Waals surface area contributed by atoms with Crippen molar-refractivity contribution in [1.29, 1.82) is 0 Å². The minimum absolute atomic E-state index is 0.0184. The first-order chi connectivity index (χ1) is 29.6. The lowest BCUT2D eigenvalue weighted by Crippen LogP contribution is -2.66. The van der Waals surface area contributed by atoms with E-state index in [2.05, 4.69) is 63.8 Å². The molecule has 1 aliphatic heterocycles. The summed E-state index contributed by atoms with van der Waals surface area (Å²) in [5.41, 5.74) is 3.63. The Hall–Kier alpha value is -2.74. The van der Waals surface area contributed by atoms with Gasteiger partial charge in [-0.05, 0) is 178 Å². The van der Waals surface area contributed by atoms with Gasteiger partial charge in [-0.3, -0.25) is 4.79 Å². The van der Waals surface area contributed by atoms with E-state index in [-0.39, 0.29) is 44.7 Å². The average molecular weight is 925 g/mol. The third-order valence-electron chi connectivity index (χ3n) is 18.5. The van der Waals surface area contributed by atoms with Crippen LogP contribution in [0, 0.1) is 56.7 Å². The summed E-state index contributed by atoms with van der Waals surface area (Å²) in [4.78, 5) is 31.3. The molecule has 11 nitrogen and oxygen atoms in total. The zero-order valence-electron chi connectivity index (χ0n) is 41.0. The molecule has 358 valence electrons. The lowest BCUT2D eigenvalue weighted by molar-refractivity contribution is -0.226. The number of amides is 2. The molecular weight excluding hydrogens is 845 g/mol. The number of ether oxygens (including phenoxy) is 1. The van der Waals surface area contributed by atoms with Crippen LogP contribution in [0.15, 0.2) is 42.5 Å². The van der Waals surface area contributed by atoms with E-state index in [1.54, 1.807) is 12.1 Å². The first-order valence-electron chi connectivity index (χ1n) is 24.2. The van der Waals surface area contributed by atoms with Gasteiger partial charge in [0.1, 0.15) is 5.60 Å². The zero-order chi connectivity index (χ0) is 47.1. The topological polar surface area (TPSA) is 133 Å². The molecule has 1 aromatic rings. The Balaban J connectivity index is 1.13. The lowest BCUT2D eigenvalue weighted by Gasteiger charge is -2.72.